The average Bonchev–Trinajstić information content (AvgIpc) is 3.48. The summed E-state index contributed by atoms with van der Waals surface area (Å²) in [6, 6.07) is 9.91. The number of aliphatic hydroxyl groups is 1. The molecule has 3 aliphatic carbocycles. The van der Waals surface area contributed by atoms with E-state index in [2.05, 4.69) is 65.4 Å². The number of hydrogen-bond acceptors (Lipinski definition) is 11. The lowest BCUT2D eigenvalue weighted by molar-refractivity contribution is -0.252. The molecule has 13 heteroatoms. The number of carbonyl (C=O) groups excluding carboxylic acids is 3. The van der Waals surface area contributed by atoms with E-state index >= 15 is 0 Å². The quantitative estimate of drug-likeness (QED) is 0.224. The van der Waals surface area contributed by atoms with Gasteiger partial charge in [0.05, 0.1) is 19.3 Å². The molecule has 11 nitrogen and oxygen atoms in total. The lowest BCUT2D eigenvalue weighted by Crippen LogP contribution is -2.55. The van der Waals surface area contributed by atoms with Gasteiger partial charge < -0.3 is 29.8 Å². The van der Waals surface area contributed by atoms with Gasteiger partial charge in [-0.2, -0.15) is 0 Å². The van der Waals surface area contributed by atoms with Crippen molar-refractivity contribution >= 4 is 40.9 Å². The second kappa shape index (κ2) is 17.1. The maximum atomic E-state index is 12.3. The van der Waals surface area contributed by atoms with Gasteiger partial charge in [-0.25, -0.2) is 19.6 Å². The first-order valence-corrected chi connectivity index (χ1v) is 20.7. The van der Waals surface area contributed by atoms with Crippen LogP contribution in [0.1, 0.15) is 143 Å². The number of aromatic nitrogens is 2. The van der Waals surface area contributed by atoms with Crippen LogP contribution in [-0.4, -0.2) is 76.2 Å². The molecule has 0 radical (unpaired) electrons. The first-order chi connectivity index (χ1) is 26.0. The molecule has 0 atom stereocenters. The number of ether oxygens (including phenoxy) is 4. The van der Waals surface area contributed by atoms with Crippen molar-refractivity contribution in [2.75, 3.05) is 13.2 Å². The fraction of sp³-hybridized carbons (Fsp3) is 0.705. The van der Waals surface area contributed by atoms with E-state index < -0.39 is 28.6 Å². The molecular formula is C44H65Cl2N3O8. The number of pyridine rings is 2. The molecule has 57 heavy (non-hydrogen) atoms. The number of esters is 2. The summed E-state index contributed by atoms with van der Waals surface area (Å²) in [5.74, 6) is -1.16. The van der Waals surface area contributed by atoms with E-state index in [4.69, 9.17) is 47.9 Å². The fourth-order valence-corrected chi connectivity index (χ4v) is 10.8. The molecule has 2 aromatic heterocycles. The predicted molar refractivity (Wildman–Crippen MR) is 221 cm³/mol. The van der Waals surface area contributed by atoms with Crippen LogP contribution in [0.25, 0.3) is 0 Å². The SMILES string of the molecule is CC1(C)CC(=O)CC(C)(C)C1OC(=O)c1cccc(Cl)n1.CC1(C)CC(N)CC(C)(C)C1OC(=O)c1cccc(Cl)n1.CC1(C)CC2(CC(C)(C)C1O)OCCO2. The summed E-state index contributed by atoms with van der Waals surface area (Å²) in [4.78, 5) is 44.5. The molecule has 4 aliphatic rings. The second-order valence-electron chi connectivity index (χ2n) is 20.6. The first kappa shape index (κ1) is 47.0. The van der Waals surface area contributed by atoms with Crippen molar-refractivity contribution in [3.05, 3.63) is 58.1 Å². The van der Waals surface area contributed by atoms with Crippen LogP contribution in [0.4, 0.5) is 0 Å². The molecule has 3 N–H and O–H groups in total. The standard InChI is InChI=1S/C16H23ClN2O2.C16H20ClNO3.C12H22O3/c1-15(2)8-10(18)9-16(3,4)14(15)21-13(20)11-6-5-7-12(17)19-11;1-15(2)8-10(19)9-16(3,4)14(15)21-13(20)11-6-5-7-12(17)18-11;1-10(2)7-12(14-5-6-15-12)8-11(3,4)9(10)13/h5-7,10,14H,8-9,18H2,1-4H3;5-7,14H,8-9H2,1-4H3;9,13H,5-8H2,1-4H3. The van der Waals surface area contributed by atoms with Crippen molar-refractivity contribution in [1.82, 2.24) is 9.97 Å². The summed E-state index contributed by atoms with van der Waals surface area (Å²) in [7, 11) is 0. The van der Waals surface area contributed by atoms with Crippen LogP contribution >= 0.6 is 23.2 Å². The van der Waals surface area contributed by atoms with Crippen LogP contribution in [0.5, 0.6) is 0 Å². The summed E-state index contributed by atoms with van der Waals surface area (Å²) in [5.41, 5.74) is 5.14. The van der Waals surface area contributed by atoms with E-state index in [9.17, 15) is 19.5 Å². The van der Waals surface area contributed by atoms with E-state index in [1.54, 1.807) is 36.4 Å². The van der Waals surface area contributed by atoms with Gasteiger partial charge in [0.15, 0.2) is 5.79 Å². The zero-order valence-electron chi connectivity index (χ0n) is 36.0. The second-order valence-corrected chi connectivity index (χ2v) is 21.4. The van der Waals surface area contributed by atoms with Gasteiger partial charge in [0.25, 0.3) is 0 Å². The van der Waals surface area contributed by atoms with Crippen molar-refractivity contribution in [3.8, 4) is 0 Å². The Morgan fingerprint density at radius 3 is 1.40 bits per heavy atom. The van der Waals surface area contributed by atoms with E-state index in [0.29, 0.717) is 26.1 Å². The van der Waals surface area contributed by atoms with Crippen molar-refractivity contribution < 1.29 is 38.4 Å². The highest BCUT2D eigenvalue weighted by Crippen LogP contribution is 2.53. The fourth-order valence-electron chi connectivity index (χ4n) is 10.4. The highest BCUT2D eigenvalue weighted by molar-refractivity contribution is 6.29. The summed E-state index contributed by atoms with van der Waals surface area (Å²) in [5, 5.41) is 10.8. The molecule has 4 fully saturated rings. The maximum absolute atomic E-state index is 12.3. The number of aliphatic hydroxyl groups excluding tert-OH is 1. The molecule has 0 aromatic carbocycles. The summed E-state index contributed by atoms with van der Waals surface area (Å²) < 4.78 is 23.0. The average molecular weight is 835 g/mol. The van der Waals surface area contributed by atoms with Crippen molar-refractivity contribution in [1.29, 1.82) is 0 Å². The Morgan fingerprint density at radius 2 is 1.04 bits per heavy atom. The Hall–Kier alpha value is -2.67. The van der Waals surface area contributed by atoms with Gasteiger partial charge in [-0.1, -0.05) is 118 Å². The van der Waals surface area contributed by atoms with Crippen LogP contribution in [0.15, 0.2) is 36.4 Å². The minimum Gasteiger partial charge on any atom is -0.457 e. The molecule has 1 saturated heterocycles. The number of hydrogen-bond donors (Lipinski definition) is 2. The zero-order chi connectivity index (χ0) is 43.0. The Labute approximate surface area is 349 Å². The van der Waals surface area contributed by atoms with Gasteiger partial charge in [0.2, 0.25) is 0 Å². The van der Waals surface area contributed by atoms with Gasteiger partial charge in [-0.15, -0.1) is 0 Å². The maximum Gasteiger partial charge on any atom is 0.357 e. The summed E-state index contributed by atoms with van der Waals surface area (Å²) in [6.45, 7) is 25.9. The van der Waals surface area contributed by atoms with Crippen molar-refractivity contribution in [3.63, 3.8) is 0 Å². The van der Waals surface area contributed by atoms with Gasteiger partial charge in [0.1, 0.15) is 39.7 Å². The normalized spacial score (nSPS) is 26.6. The van der Waals surface area contributed by atoms with Crippen molar-refractivity contribution in [2.45, 2.75) is 152 Å². The lowest BCUT2D eigenvalue weighted by atomic mass is 9.60. The topological polar surface area (TPSA) is 160 Å². The highest BCUT2D eigenvalue weighted by atomic mass is 35.5. The number of nitrogens with zero attached hydrogens (tertiary/aromatic N) is 2. The molecule has 0 amide bonds. The summed E-state index contributed by atoms with van der Waals surface area (Å²) >= 11 is 11.6. The molecule has 0 bridgehead atoms. The van der Waals surface area contributed by atoms with Crippen LogP contribution in [0.2, 0.25) is 10.3 Å². The molecule has 0 unspecified atom stereocenters. The van der Waals surface area contributed by atoms with Crippen molar-refractivity contribution in [2.24, 2.45) is 38.2 Å². The first-order valence-electron chi connectivity index (χ1n) is 19.9. The molecule has 3 heterocycles. The molecule has 2 aromatic rings. The smallest absolute Gasteiger partial charge is 0.357 e. The minimum atomic E-state index is -0.502. The minimum absolute atomic E-state index is 0.134. The monoisotopic (exact) mass is 833 g/mol. The molecular weight excluding hydrogens is 769 g/mol. The Balaban J connectivity index is 0.000000192. The van der Waals surface area contributed by atoms with E-state index in [-0.39, 0.29) is 73.5 Å². The number of Topliss-reactive ketones (excluding diaryl/α,β-unsaturated/α-hetero) is 1. The molecule has 6 rings (SSSR count). The van der Waals surface area contributed by atoms with E-state index in [0.717, 1.165) is 25.7 Å². The van der Waals surface area contributed by atoms with Gasteiger partial charge in [-0.3, -0.25) is 4.79 Å². The Bertz CT molecular complexity index is 1710. The van der Waals surface area contributed by atoms with Crippen LogP contribution in [0.3, 0.4) is 0 Å². The Morgan fingerprint density at radius 1 is 0.667 bits per heavy atom. The molecule has 1 aliphatic heterocycles. The number of carbonyl (C=O) groups is 3. The molecule has 3 saturated carbocycles. The largest absolute Gasteiger partial charge is 0.457 e. The van der Waals surface area contributed by atoms with E-state index in [1.165, 1.54) is 0 Å². The van der Waals surface area contributed by atoms with Gasteiger partial charge in [0, 0.05) is 53.4 Å². The lowest BCUT2D eigenvalue weighted by Gasteiger charge is -2.52. The van der Waals surface area contributed by atoms with Crippen LogP contribution in [-0.2, 0) is 23.7 Å². The summed E-state index contributed by atoms with van der Waals surface area (Å²) in [6.07, 6.45) is 3.19. The Kier molecular flexibility index (Phi) is 14.1. The number of rotatable bonds is 4. The number of halogens is 2. The number of ketones is 1. The van der Waals surface area contributed by atoms with Gasteiger partial charge >= 0.3 is 11.9 Å². The third-order valence-electron chi connectivity index (χ3n) is 11.8. The third kappa shape index (κ3) is 11.5. The van der Waals surface area contributed by atoms with E-state index in [1.807, 2.05) is 27.7 Å². The molecule has 318 valence electrons. The van der Waals surface area contributed by atoms with Crippen LogP contribution < -0.4 is 5.73 Å². The molecule has 1 spiro atoms. The van der Waals surface area contributed by atoms with Crippen LogP contribution in [0, 0.1) is 32.5 Å². The number of nitrogens with two attached hydrogens (primary N) is 1. The third-order valence-corrected chi connectivity index (χ3v) is 12.2. The van der Waals surface area contributed by atoms with Gasteiger partial charge in [-0.05, 0) is 47.9 Å². The zero-order valence-corrected chi connectivity index (χ0v) is 37.5. The highest BCUT2D eigenvalue weighted by Gasteiger charge is 2.56. The predicted octanol–water partition coefficient (Wildman–Crippen LogP) is 9.05.